The number of carbonyl (C=O) groups excluding carboxylic acids is 1. The molecular weight excluding hydrogens is 440 g/mol. The third kappa shape index (κ3) is 3.91. The average Bonchev–Trinajstić information content (AvgIpc) is 3.11. The number of amides is 1. The Morgan fingerprint density at radius 1 is 1.17 bits per heavy atom. The first-order valence-electron chi connectivity index (χ1n) is 10.5. The number of rotatable bonds is 4. The molecule has 0 aliphatic carbocycles. The van der Waals surface area contributed by atoms with Crippen LogP contribution in [0.3, 0.4) is 0 Å². The molecule has 5 nitrogen and oxygen atoms in total. The molecule has 0 N–H and O–H groups in total. The molecule has 1 fully saturated rings. The zero-order chi connectivity index (χ0) is 21.4. The number of hydrogen-bond donors (Lipinski definition) is 0. The average molecular weight is 469 g/mol. The SMILES string of the molecule is C[C@@H](c1cc2c(Br)ccnc2n1C)N1CCC(c2ccc(C(=O)N(C)C)cc2)CC1. The van der Waals surface area contributed by atoms with Crippen LogP contribution in [0.5, 0.6) is 0 Å². The Kier molecular flexibility index (Phi) is 5.98. The van der Waals surface area contributed by atoms with E-state index in [9.17, 15) is 4.79 Å². The van der Waals surface area contributed by atoms with E-state index in [1.165, 1.54) is 16.6 Å². The summed E-state index contributed by atoms with van der Waals surface area (Å²) in [5.41, 5.74) is 4.42. The number of benzene rings is 1. The molecule has 4 rings (SSSR count). The lowest BCUT2D eigenvalue weighted by Crippen LogP contribution is -2.35. The molecule has 1 aliphatic rings. The van der Waals surface area contributed by atoms with E-state index < -0.39 is 0 Å². The van der Waals surface area contributed by atoms with Crippen molar-refractivity contribution in [3.05, 3.63) is 63.9 Å². The van der Waals surface area contributed by atoms with Gasteiger partial charge in [0, 0.05) is 54.5 Å². The first kappa shape index (κ1) is 21.1. The number of carbonyl (C=O) groups is 1. The Hall–Kier alpha value is -2.18. The maximum absolute atomic E-state index is 12.1. The van der Waals surface area contributed by atoms with Gasteiger partial charge < -0.3 is 9.47 Å². The number of aromatic nitrogens is 2. The first-order valence-corrected chi connectivity index (χ1v) is 11.3. The van der Waals surface area contributed by atoms with Crippen molar-refractivity contribution in [1.82, 2.24) is 19.4 Å². The normalized spacial score (nSPS) is 16.7. The van der Waals surface area contributed by atoms with Gasteiger partial charge in [-0.25, -0.2) is 4.98 Å². The largest absolute Gasteiger partial charge is 0.345 e. The summed E-state index contributed by atoms with van der Waals surface area (Å²) in [5, 5.41) is 1.17. The number of halogens is 1. The highest BCUT2D eigenvalue weighted by molar-refractivity contribution is 9.10. The van der Waals surface area contributed by atoms with Crippen molar-refractivity contribution in [1.29, 1.82) is 0 Å². The number of piperidine rings is 1. The minimum absolute atomic E-state index is 0.0567. The Bertz CT molecular complexity index is 1050. The molecule has 0 unspecified atom stereocenters. The molecule has 30 heavy (non-hydrogen) atoms. The third-order valence-corrected chi connectivity index (χ3v) is 7.15. The quantitative estimate of drug-likeness (QED) is 0.542. The van der Waals surface area contributed by atoms with E-state index in [4.69, 9.17) is 0 Å². The van der Waals surface area contributed by atoms with Crippen molar-refractivity contribution in [2.45, 2.75) is 31.7 Å². The van der Waals surface area contributed by atoms with Crippen LogP contribution in [0.25, 0.3) is 11.0 Å². The molecule has 3 heterocycles. The summed E-state index contributed by atoms with van der Waals surface area (Å²) >= 11 is 3.65. The number of likely N-dealkylation sites (tertiary alicyclic amines) is 1. The fourth-order valence-electron chi connectivity index (χ4n) is 4.57. The highest BCUT2D eigenvalue weighted by Gasteiger charge is 2.26. The molecule has 0 bridgehead atoms. The first-order chi connectivity index (χ1) is 14.4. The van der Waals surface area contributed by atoms with Crippen LogP contribution in [-0.4, -0.2) is 52.4 Å². The smallest absolute Gasteiger partial charge is 0.253 e. The van der Waals surface area contributed by atoms with Crippen LogP contribution < -0.4 is 0 Å². The van der Waals surface area contributed by atoms with Gasteiger partial charge in [-0.15, -0.1) is 0 Å². The molecule has 6 heteroatoms. The van der Waals surface area contributed by atoms with E-state index in [1.807, 2.05) is 24.4 Å². The van der Waals surface area contributed by atoms with Gasteiger partial charge in [0.15, 0.2) is 0 Å². The Morgan fingerprint density at radius 3 is 2.43 bits per heavy atom. The molecule has 0 spiro atoms. The van der Waals surface area contributed by atoms with E-state index in [1.54, 1.807) is 19.0 Å². The standard InChI is InChI=1S/C24H29BrN4O/c1-16(22-15-20-21(25)9-12-26-23(20)28(22)4)29-13-10-18(11-14-29)17-5-7-19(8-6-17)24(30)27(2)3/h5-9,12,15-16,18H,10-11,13-14H2,1-4H3/t16-/m0/s1. The lowest BCUT2D eigenvalue weighted by molar-refractivity contribution is 0.0827. The Labute approximate surface area is 186 Å². The van der Waals surface area contributed by atoms with Gasteiger partial charge in [0.25, 0.3) is 5.91 Å². The topological polar surface area (TPSA) is 41.4 Å². The van der Waals surface area contributed by atoms with Gasteiger partial charge in [-0.3, -0.25) is 9.69 Å². The summed E-state index contributed by atoms with van der Waals surface area (Å²) in [6.07, 6.45) is 4.12. The van der Waals surface area contributed by atoms with E-state index in [2.05, 4.69) is 62.6 Å². The predicted molar refractivity (Wildman–Crippen MR) is 125 cm³/mol. The number of nitrogens with zero attached hydrogens (tertiary/aromatic N) is 4. The van der Waals surface area contributed by atoms with Crippen LogP contribution >= 0.6 is 15.9 Å². The summed E-state index contributed by atoms with van der Waals surface area (Å²) in [6, 6.07) is 12.8. The van der Waals surface area contributed by atoms with Gasteiger partial charge >= 0.3 is 0 Å². The molecule has 158 valence electrons. The van der Waals surface area contributed by atoms with Crippen LogP contribution in [0.4, 0.5) is 0 Å². The number of fused-ring (bicyclic) bond motifs is 1. The summed E-state index contributed by atoms with van der Waals surface area (Å²) in [6.45, 7) is 4.44. The summed E-state index contributed by atoms with van der Waals surface area (Å²) in [7, 11) is 5.69. The van der Waals surface area contributed by atoms with Crippen molar-refractivity contribution in [2.75, 3.05) is 27.2 Å². The van der Waals surface area contributed by atoms with Crippen LogP contribution in [0, 0.1) is 0 Å². The molecule has 3 aromatic rings. The highest BCUT2D eigenvalue weighted by atomic mass is 79.9. The minimum atomic E-state index is 0.0567. The predicted octanol–water partition coefficient (Wildman–Crippen LogP) is 4.98. The molecule has 0 radical (unpaired) electrons. The van der Waals surface area contributed by atoms with Crippen molar-refractivity contribution in [2.24, 2.45) is 7.05 Å². The summed E-state index contributed by atoms with van der Waals surface area (Å²) in [5.74, 6) is 0.613. The second kappa shape index (κ2) is 8.52. The minimum Gasteiger partial charge on any atom is -0.345 e. The van der Waals surface area contributed by atoms with Gasteiger partial charge in [-0.1, -0.05) is 12.1 Å². The highest BCUT2D eigenvalue weighted by Crippen LogP contribution is 2.34. The second-order valence-corrected chi connectivity index (χ2v) is 9.32. The molecule has 1 atom stereocenters. The molecular formula is C24H29BrN4O. The molecule has 0 saturated carbocycles. The van der Waals surface area contributed by atoms with Crippen LogP contribution in [0.2, 0.25) is 0 Å². The van der Waals surface area contributed by atoms with E-state index in [0.717, 1.165) is 41.6 Å². The monoisotopic (exact) mass is 468 g/mol. The van der Waals surface area contributed by atoms with Crippen molar-refractivity contribution < 1.29 is 4.79 Å². The summed E-state index contributed by atoms with van der Waals surface area (Å²) in [4.78, 5) is 20.9. The van der Waals surface area contributed by atoms with Crippen molar-refractivity contribution >= 4 is 32.9 Å². The van der Waals surface area contributed by atoms with E-state index in [0.29, 0.717) is 12.0 Å². The Balaban J connectivity index is 1.44. The fraction of sp³-hybridized carbons (Fsp3) is 0.417. The van der Waals surface area contributed by atoms with Crippen molar-refractivity contribution in [3.63, 3.8) is 0 Å². The molecule has 1 saturated heterocycles. The third-order valence-electron chi connectivity index (χ3n) is 6.45. The maximum atomic E-state index is 12.1. The molecule has 1 aromatic carbocycles. The number of pyridine rings is 1. The molecule has 2 aromatic heterocycles. The lowest BCUT2D eigenvalue weighted by atomic mass is 9.88. The van der Waals surface area contributed by atoms with Gasteiger partial charge in [-0.05, 0) is 84.5 Å². The second-order valence-electron chi connectivity index (χ2n) is 8.47. The van der Waals surface area contributed by atoms with Gasteiger partial charge in [0.2, 0.25) is 0 Å². The molecule has 1 amide bonds. The maximum Gasteiger partial charge on any atom is 0.253 e. The zero-order valence-corrected chi connectivity index (χ0v) is 19.7. The molecule has 1 aliphatic heterocycles. The zero-order valence-electron chi connectivity index (χ0n) is 18.1. The van der Waals surface area contributed by atoms with Gasteiger partial charge in [-0.2, -0.15) is 0 Å². The van der Waals surface area contributed by atoms with E-state index in [-0.39, 0.29) is 5.91 Å². The van der Waals surface area contributed by atoms with E-state index >= 15 is 0 Å². The Morgan fingerprint density at radius 2 is 1.83 bits per heavy atom. The fourth-order valence-corrected chi connectivity index (χ4v) is 4.98. The number of hydrogen-bond acceptors (Lipinski definition) is 3. The summed E-state index contributed by atoms with van der Waals surface area (Å²) < 4.78 is 3.31. The van der Waals surface area contributed by atoms with Gasteiger partial charge in [0.1, 0.15) is 5.65 Å². The van der Waals surface area contributed by atoms with Crippen molar-refractivity contribution in [3.8, 4) is 0 Å². The lowest BCUT2D eigenvalue weighted by Gasteiger charge is -2.36. The van der Waals surface area contributed by atoms with Gasteiger partial charge in [0.05, 0.1) is 0 Å². The number of aryl methyl sites for hydroxylation is 1. The van der Waals surface area contributed by atoms with Crippen LogP contribution in [0.15, 0.2) is 47.1 Å². The van der Waals surface area contributed by atoms with Crippen LogP contribution in [-0.2, 0) is 7.05 Å². The van der Waals surface area contributed by atoms with Crippen LogP contribution in [0.1, 0.15) is 53.3 Å².